The molecule has 1 aliphatic heterocycles. The van der Waals surface area contributed by atoms with Gasteiger partial charge in [0.1, 0.15) is 22.2 Å². The lowest BCUT2D eigenvalue weighted by Crippen LogP contribution is -2.53. The van der Waals surface area contributed by atoms with Crippen LogP contribution in [0.2, 0.25) is 0 Å². The first-order valence-corrected chi connectivity index (χ1v) is 13.4. The Balaban J connectivity index is 1.55. The molecule has 0 aromatic heterocycles. The first-order chi connectivity index (χ1) is 18.2. The molecule has 0 spiro atoms. The molecule has 0 saturated carbocycles. The van der Waals surface area contributed by atoms with Crippen LogP contribution >= 0.6 is 0 Å². The summed E-state index contributed by atoms with van der Waals surface area (Å²) in [6.45, 7) is 1.15. The number of nitrogens with one attached hydrogen (secondary N) is 1. The van der Waals surface area contributed by atoms with Crippen molar-refractivity contribution in [3.63, 3.8) is 0 Å². The maximum Gasteiger partial charge on any atom is 0.263 e. The summed E-state index contributed by atoms with van der Waals surface area (Å²) in [6, 6.07) is 19.2. The topological polar surface area (TPSA) is 105 Å². The molecule has 9 nitrogen and oxygen atoms in total. The highest BCUT2D eigenvalue weighted by Crippen LogP contribution is 2.34. The van der Waals surface area contributed by atoms with Gasteiger partial charge in [0.05, 0.1) is 25.9 Å². The van der Waals surface area contributed by atoms with Crippen LogP contribution in [0.1, 0.15) is 12.5 Å². The van der Waals surface area contributed by atoms with Crippen molar-refractivity contribution in [1.82, 2.24) is 9.62 Å². The van der Waals surface area contributed by atoms with Gasteiger partial charge in [0, 0.05) is 13.1 Å². The molecule has 0 bridgehead atoms. The SMILES string of the molecule is CCN(CC(=O)N1C[C@H](C(=O)NCc2ccccc2)Oc2ccccc21)S(=O)(=O)c1cc(F)ccc1OC. The maximum absolute atomic E-state index is 13.9. The van der Waals surface area contributed by atoms with Gasteiger partial charge < -0.3 is 19.7 Å². The number of anilines is 1. The number of carbonyl (C=O) groups is 2. The van der Waals surface area contributed by atoms with E-state index in [9.17, 15) is 22.4 Å². The molecular formula is C27H28FN3O6S. The third-order valence-corrected chi connectivity index (χ3v) is 8.03. The number of halogens is 1. The van der Waals surface area contributed by atoms with Crippen molar-refractivity contribution in [2.24, 2.45) is 0 Å². The largest absolute Gasteiger partial charge is 0.495 e. The van der Waals surface area contributed by atoms with Crippen LogP contribution < -0.4 is 19.7 Å². The molecule has 0 saturated heterocycles. The van der Waals surface area contributed by atoms with Crippen LogP contribution in [-0.4, -0.2) is 57.4 Å². The molecule has 1 N–H and O–H groups in total. The predicted molar refractivity (Wildman–Crippen MR) is 139 cm³/mol. The van der Waals surface area contributed by atoms with Crippen LogP contribution in [0, 0.1) is 5.82 Å². The van der Waals surface area contributed by atoms with Crippen LogP contribution in [0.15, 0.2) is 77.7 Å². The van der Waals surface area contributed by atoms with Crippen molar-refractivity contribution in [2.75, 3.05) is 31.6 Å². The van der Waals surface area contributed by atoms with Crippen LogP contribution in [0.25, 0.3) is 0 Å². The molecule has 200 valence electrons. The van der Waals surface area contributed by atoms with Crippen molar-refractivity contribution in [3.8, 4) is 11.5 Å². The zero-order valence-corrected chi connectivity index (χ0v) is 21.8. The Bertz CT molecular complexity index is 1420. The fraction of sp³-hybridized carbons (Fsp3) is 0.259. The maximum atomic E-state index is 13.9. The standard InChI is InChI=1S/C27H28FN3O6S/c1-3-30(38(34,35)25-15-20(28)13-14-23(25)36-2)18-26(32)31-17-24(37-22-12-8-7-11-21(22)31)27(33)29-16-19-9-5-4-6-10-19/h4-15,24H,3,16-18H2,1-2H3,(H,29,33)/t24-/m1/s1. The third kappa shape index (κ3) is 5.79. The molecule has 1 atom stereocenters. The fourth-order valence-corrected chi connectivity index (χ4v) is 5.67. The summed E-state index contributed by atoms with van der Waals surface area (Å²) in [5.74, 6) is -1.44. The van der Waals surface area contributed by atoms with Crippen molar-refractivity contribution >= 4 is 27.5 Å². The number of methoxy groups -OCH3 is 1. The van der Waals surface area contributed by atoms with Gasteiger partial charge in [-0.2, -0.15) is 4.31 Å². The number of ether oxygens (including phenoxy) is 2. The average molecular weight is 542 g/mol. The van der Waals surface area contributed by atoms with E-state index in [1.165, 1.54) is 18.1 Å². The first-order valence-electron chi connectivity index (χ1n) is 12.0. The summed E-state index contributed by atoms with van der Waals surface area (Å²) in [5.41, 5.74) is 1.32. The summed E-state index contributed by atoms with van der Waals surface area (Å²) in [4.78, 5) is 27.4. The Labute approximate surface area is 220 Å². The van der Waals surface area contributed by atoms with Crippen molar-refractivity contribution in [1.29, 1.82) is 0 Å². The minimum absolute atomic E-state index is 0.0378. The minimum atomic E-state index is -4.29. The Morgan fingerprint density at radius 1 is 1.11 bits per heavy atom. The summed E-state index contributed by atoms with van der Waals surface area (Å²) in [7, 11) is -3.01. The molecule has 1 aliphatic rings. The molecule has 1 heterocycles. The minimum Gasteiger partial charge on any atom is -0.495 e. The van der Waals surface area contributed by atoms with E-state index in [2.05, 4.69) is 5.32 Å². The van der Waals surface area contributed by atoms with E-state index in [0.29, 0.717) is 11.4 Å². The number of likely N-dealkylation sites (N-methyl/N-ethyl adjacent to an activating group) is 1. The lowest BCUT2D eigenvalue weighted by atomic mass is 10.1. The number of sulfonamides is 1. The van der Waals surface area contributed by atoms with E-state index in [-0.39, 0.29) is 30.3 Å². The fourth-order valence-electron chi connectivity index (χ4n) is 4.10. The van der Waals surface area contributed by atoms with Gasteiger partial charge in [-0.1, -0.05) is 49.4 Å². The van der Waals surface area contributed by atoms with E-state index in [4.69, 9.17) is 9.47 Å². The van der Waals surface area contributed by atoms with Crippen LogP contribution in [0.4, 0.5) is 10.1 Å². The summed E-state index contributed by atoms with van der Waals surface area (Å²) in [5, 5.41) is 2.82. The summed E-state index contributed by atoms with van der Waals surface area (Å²) in [6.07, 6.45) is -1.01. The Morgan fingerprint density at radius 3 is 2.53 bits per heavy atom. The number of para-hydroxylation sites is 2. The van der Waals surface area contributed by atoms with Gasteiger partial charge in [0.2, 0.25) is 15.9 Å². The molecule has 3 aromatic carbocycles. The number of amides is 2. The third-order valence-electron chi connectivity index (χ3n) is 6.08. The first kappa shape index (κ1) is 27.1. The van der Waals surface area contributed by atoms with Gasteiger partial charge >= 0.3 is 0 Å². The number of hydrogen-bond acceptors (Lipinski definition) is 6. The van der Waals surface area contributed by atoms with Crippen LogP contribution in [-0.2, 0) is 26.2 Å². The van der Waals surface area contributed by atoms with Gasteiger partial charge in [0.25, 0.3) is 5.91 Å². The lowest BCUT2D eigenvalue weighted by molar-refractivity contribution is -0.128. The van der Waals surface area contributed by atoms with Crippen LogP contribution in [0.3, 0.4) is 0 Å². The highest BCUT2D eigenvalue weighted by atomic mass is 32.2. The zero-order chi connectivity index (χ0) is 27.3. The van der Waals surface area contributed by atoms with E-state index in [0.717, 1.165) is 22.0 Å². The van der Waals surface area contributed by atoms with Crippen molar-refractivity contribution < 1.29 is 31.9 Å². The Hall–Kier alpha value is -3.96. The molecule has 2 amide bonds. The number of fused-ring (bicyclic) bond motifs is 1. The summed E-state index contributed by atoms with van der Waals surface area (Å²) >= 11 is 0. The molecule has 0 aliphatic carbocycles. The monoisotopic (exact) mass is 541 g/mol. The Morgan fingerprint density at radius 2 is 1.82 bits per heavy atom. The second-order valence-corrected chi connectivity index (χ2v) is 10.4. The smallest absolute Gasteiger partial charge is 0.263 e. The van der Waals surface area contributed by atoms with E-state index >= 15 is 0 Å². The highest BCUT2D eigenvalue weighted by molar-refractivity contribution is 7.89. The molecule has 4 rings (SSSR count). The van der Waals surface area contributed by atoms with Crippen molar-refractivity contribution in [3.05, 3.63) is 84.2 Å². The summed E-state index contributed by atoms with van der Waals surface area (Å²) < 4.78 is 52.6. The number of carbonyl (C=O) groups excluding carboxylic acids is 2. The molecule has 0 radical (unpaired) electrons. The molecule has 0 fully saturated rings. The second-order valence-electron chi connectivity index (χ2n) is 8.51. The molecule has 38 heavy (non-hydrogen) atoms. The van der Waals surface area contributed by atoms with Gasteiger partial charge in [0.15, 0.2) is 6.10 Å². The van der Waals surface area contributed by atoms with Gasteiger partial charge in [-0.05, 0) is 35.9 Å². The van der Waals surface area contributed by atoms with Crippen molar-refractivity contribution in [2.45, 2.75) is 24.5 Å². The number of benzene rings is 3. The van der Waals surface area contributed by atoms with Gasteiger partial charge in [-0.3, -0.25) is 9.59 Å². The molecule has 0 unspecified atom stereocenters. The number of nitrogens with zero attached hydrogens (tertiary/aromatic N) is 2. The van der Waals surface area contributed by atoms with E-state index < -0.39 is 40.3 Å². The Kier molecular flexibility index (Phi) is 8.28. The molecule has 3 aromatic rings. The molecule has 11 heteroatoms. The number of hydrogen-bond donors (Lipinski definition) is 1. The lowest BCUT2D eigenvalue weighted by Gasteiger charge is -2.35. The number of rotatable bonds is 9. The predicted octanol–water partition coefficient (Wildman–Crippen LogP) is 2.96. The van der Waals surface area contributed by atoms with Gasteiger partial charge in [-0.15, -0.1) is 0 Å². The zero-order valence-electron chi connectivity index (χ0n) is 21.0. The average Bonchev–Trinajstić information content (AvgIpc) is 2.94. The quantitative estimate of drug-likeness (QED) is 0.447. The van der Waals surface area contributed by atoms with Gasteiger partial charge in [-0.25, -0.2) is 12.8 Å². The highest BCUT2D eigenvalue weighted by Gasteiger charge is 2.36. The van der Waals surface area contributed by atoms with Crippen LogP contribution in [0.5, 0.6) is 11.5 Å². The van der Waals surface area contributed by atoms with E-state index in [1.807, 2.05) is 30.3 Å². The molecular weight excluding hydrogens is 513 g/mol. The normalized spacial score (nSPS) is 14.9. The second kappa shape index (κ2) is 11.6. The van der Waals surface area contributed by atoms with E-state index in [1.54, 1.807) is 31.2 Å².